The molecule has 24 heavy (non-hydrogen) atoms. The zero-order chi connectivity index (χ0) is 17.6. The van der Waals surface area contributed by atoms with Crippen molar-refractivity contribution in [2.45, 2.75) is 103 Å². The summed E-state index contributed by atoms with van der Waals surface area (Å²) in [6, 6.07) is 0. The van der Waals surface area contributed by atoms with E-state index in [0.717, 1.165) is 5.75 Å². The first-order valence-corrected chi connectivity index (χ1v) is 11.2. The Hall–Kier alpha value is -0.510. The van der Waals surface area contributed by atoms with E-state index < -0.39 is 0 Å². The first-order valence-electron chi connectivity index (χ1n) is 10.2. The number of imide groups is 1. The molecule has 1 fully saturated rings. The summed E-state index contributed by atoms with van der Waals surface area (Å²) in [7, 11) is 0. The molecule has 0 saturated carbocycles. The van der Waals surface area contributed by atoms with E-state index in [1.54, 1.807) is 11.8 Å². The van der Waals surface area contributed by atoms with Crippen LogP contribution < -0.4 is 0 Å². The molecule has 0 radical (unpaired) electrons. The predicted octanol–water partition coefficient (Wildman–Crippen LogP) is 5.57. The second-order valence-corrected chi connectivity index (χ2v) is 8.24. The number of hydrogen-bond donors (Lipinski definition) is 0. The lowest BCUT2D eigenvalue weighted by Crippen LogP contribution is -2.30. The van der Waals surface area contributed by atoms with Gasteiger partial charge in [0.15, 0.2) is 0 Å². The highest BCUT2D eigenvalue weighted by molar-refractivity contribution is 8.00. The standard InChI is InChI=1S/C20H37NO2S/c1-3-5-6-7-8-9-10-11-12-13-14-15-16-24-18-17-19(22)21(4-2)20(18)23/h18H,3-17H2,1-2H3. The number of unbranched alkanes of at least 4 members (excludes halogenated alkanes) is 11. The van der Waals surface area contributed by atoms with Gasteiger partial charge in [-0.25, -0.2) is 0 Å². The average molecular weight is 356 g/mol. The maximum atomic E-state index is 12.0. The Balaban J connectivity index is 1.86. The molecule has 1 atom stereocenters. The molecule has 1 heterocycles. The first-order chi connectivity index (χ1) is 11.7. The Labute approximate surface area is 153 Å². The van der Waals surface area contributed by atoms with E-state index in [-0.39, 0.29) is 17.1 Å². The van der Waals surface area contributed by atoms with Crippen LogP contribution in [0.4, 0.5) is 0 Å². The van der Waals surface area contributed by atoms with Crippen molar-refractivity contribution in [2.24, 2.45) is 0 Å². The first kappa shape index (κ1) is 21.5. The van der Waals surface area contributed by atoms with Gasteiger partial charge in [0.1, 0.15) is 0 Å². The smallest absolute Gasteiger partial charge is 0.242 e. The van der Waals surface area contributed by atoms with Crippen LogP contribution in [0.25, 0.3) is 0 Å². The largest absolute Gasteiger partial charge is 0.282 e. The number of carbonyl (C=O) groups excluding carboxylic acids is 2. The minimum Gasteiger partial charge on any atom is -0.282 e. The van der Waals surface area contributed by atoms with E-state index in [4.69, 9.17) is 0 Å². The Bertz CT molecular complexity index is 360. The van der Waals surface area contributed by atoms with E-state index in [1.807, 2.05) is 6.92 Å². The molecule has 1 rings (SSSR count). The Morgan fingerprint density at radius 3 is 1.79 bits per heavy atom. The summed E-state index contributed by atoms with van der Waals surface area (Å²) in [5, 5.41) is -0.106. The van der Waals surface area contributed by atoms with Gasteiger partial charge in [-0.1, -0.05) is 77.6 Å². The van der Waals surface area contributed by atoms with Crippen molar-refractivity contribution in [3.8, 4) is 0 Å². The average Bonchev–Trinajstić information content (AvgIpc) is 2.85. The van der Waals surface area contributed by atoms with Crippen LogP contribution in [0.1, 0.15) is 97.3 Å². The minimum atomic E-state index is -0.106. The van der Waals surface area contributed by atoms with Crippen molar-refractivity contribution >= 4 is 23.6 Å². The van der Waals surface area contributed by atoms with E-state index in [2.05, 4.69) is 6.92 Å². The monoisotopic (exact) mass is 355 g/mol. The molecule has 4 heteroatoms. The van der Waals surface area contributed by atoms with Crippen molar-refractivity contribution < 1.29 is 9.59 Å². The fraction of sp³-hybridized carbons (Fsp3) is 0.900. The predicted molar refractivity (Wildman–Crippen MR) is 104 cm³/mol. The number of nitrogens with zero attached hydrogens (tertiary/aromatic N) is 1. The number of likely N-dealkylation sites (tertiary alicyclic amines) is 1. The van der Waals surface area contributed by atoms with Crippen molar-refractivity contribution in [3.63, 3.8) is 0 Å². The molecule has 2 amide bonds. The lowest BCUT2D eigenvalue weighted by atomic mass is 10.1. The third-order valence-corrected chi connectivity index (χ3v) is 6.13. The third-order valence-electron chi connectivity index (χ3n) is 4.84. The number of hydrogen-bond acceptors (Lipinski definition) is 3. The SMILES string of the molecule is CCCCCCCCCCCCCCSC1CC(=O)N(CC)C1=O. The maximum absolute atomic E-state index is 12.0. The molecule has 0 N–H and O–H groups in total. The van der Waals surface area contributed by atoms with Crippen LogP contribution in [0.5, 0.6) is 0 Å². The minimum absolute atomic E-state index is 0.00898. The molecule has 1 saturated heterocycles. The molecular formula is C20H37NO2S. The number of amides is 2. The van der Waals surface area contributed by atoms with Crippen LogP contribution in [-0.2, 0) is 9.59 Å². The second kappa shape index (κ2) is 13.7. The van der Waals surface area contributed by atoms with Gasteiger partial charge in [-0.15, -0.1) is 11.8 Å². The molecule has 0 aromatic rings. The topological polar surface area (TPSA) is 37.4 Å². The Kier molecular flexibility index (Phi) is 12.3. The zero-order valence-electron chi connectivity index (χ0n) is 15.9. The highest BCUT2D eigenvalue weighted by Crippen LogP contribution is 2.26. The molecule has 0 bridgehead atoms. The molecule has 0 spiro atoms. The van der Waals surface area contributed by atoms with Gasteiger partial charge in [0.2, 0.25) is 11.8 Å². The molecular weight excluding hydrogens is 318 g/mol. The van der Waals surface area contributed by atoms with Crippen molar-refractivity contribution in [2.75, 3.05) is 12.3 Å². The van der Waals surface area contributed by atoms with E-state index in [9.17, 15) is 9.59 Å². The maximum Gasteiger partial charge on any atom is 0.242 e. The molecule has 0 aromatic heterocycles. The number of thioether (sulfide) groups is 1. The summed E-state index contributed by atoms with van der Waals surface area (Å²) < 4.78 is 0. The van der Waals surface area contributed by atoms with Crippen LogP contribution in [0.15, 0.2) is 0 Å². The molecule has 0 aliphatic carbocycles. The molecule has 3 nitrogen and oxygen atoms in total. The van der Waals surface area contributed by atoms with Crippen molar-refractivity contribution in [1.29, 1.82) is 0 Å². The zero-order valence-corrected chi connectivity index (χ0v) is 16.7. The normalized spacial score (nSPS) is 17.9. The molecule has 1 aliphatic heterocycles. The molecule has 140 valence electrons. The highest BCUT2D eigenvalue weighted by Gasteiger charge is 2.37. The Morgan fingerprint density at radius 2 is 1.33 bits per heavy atom. The number of rotatable bonds is 15. The van der Waals surface area contributed by atoms with Gasteiger partial charge < -0.3 is 0 Å². The summed E-state index contributed by atoms with van der Waals surface area (Å²) in [5.41, 5.74) is 0. The van der Waals surface area contributed by atoms with Crippen LogP contribution in [0.2, 0.25) is 0 Å². The van der Waals surface area contributed by atoms with Gasteiger partial charge in [-0.3, -0.25) is 14.5 Å². The van der Waals surface area contributed by atoms with Crippen LogP contribution in [0.3, 0.4) is 0 Å². The molecule has 0 aromatic carbocycles. The fourth-order valence-electron chi connectivity index (χ4n) is 3.28. The van der Waals surface area contributed by atoms with Gasteiger partial charge in [0.05, 0.1) is 5.25 Å². The van der Waals surface area contributed by atoms with E-state index >= 15 is 0 Å². The summed E-state index contributed by atoms with van der Waals surface area (Å²) >= 11 is 1.68. The van der Waals surface area contributed by atoms with Crippen LogP contribution in [0, 0.1) is 0 Å². The number of carbonyl (C=O) groups is 2. The van der Waals surface area contributed by atoms with Gasteiger partial charge in [-0.2, -0.15) is 0 Å². The fourth-order valence-corrected chi connectivity index (χ4v) is 4.47. The summed E-state index contributed by atoms with van der Waals surface area (Å²) in [5.74, 6) is 1.06. The lowest BCUT2D eigenvalue weighted by molar-refractivity contribution is -0.137. The van der Waals surface area contributed by atoms with E-state index in [0.29, 0.717) is 13.0 Å². The lowest BCUT2D eigenvalue weighted by Gasteiger charge is -2.11. The summed E-state index contributed by atoms with van der Waals surface area (Å²) in [4.78, 5) is 25.0. The van der Waals surface area contributed by atoms with Gasteiger partial charge in [0, 0.05) is 13.0 Å². The summed E-state index contributed by atoms with van der Waals surface area (Å²) in [6.45, 7) is 4.66. The quantitative estimate of drug-likeness (QED) is 0.285. The van der Waals surface area contributed by atoms with Crippen molar-refractivity contribution in [3.05, 3.63) is 0 Å². The van der Waals surface area contributed by atoms with Gasteiger partial charge in [0.25, 0.3) is 0 Å². The van der Waals surface area contributed by atoms with E-state index in [1.165, 1.54) is 81.9 Å². The van der Waals surface area contributed by atoms with Gasteiger partial charge in [-0.05, 0) is 19.1 Å². The van der Waals surface area contributed by atoms with Crippen LogP contribution >= 0.6 is 11.8 Å². The third kappa shape index (κ3) is 8.55. The Morgan fingerprint density at radius 1 is 0.833 bits per heavy atom. The van der Waals surface area contributed by atoms with Crippen LogP contribution in [-0.4, -0.2) is 34.3 Å². The summed E-state index contributed by atoms with van der Waals surface area (Å²) in [6.07, 6.45) is 16.7. The second-order valence-electron chi connectivity index (χ2n) is 6.93. The van der Waals surface area contributed by atoms with Gasteiger partial charge >= 0.3 is 0 Å². The highest BCUT2D eigenvalue weighted by atomic mass is 32.2. The molecule has 1 unspecified atom stereocenters. The van der Waals surface area contributed by atoms with Crippen molar-refractivity contribution in [1.82, 2.24) is 4.90 Å². The molecule has 1 aliphatic rings.